The van der Waals surface area contributed by atoms with E-state index in [1.807, 2.05) is 24.3 Å². The van der Waals surface area contributed by atoms with Crippen molar-refractivity contribution in [3.8, 4) is 11.4 Å². The molecule has 0 amide bonds. The molecule has 2 unspecified atom stereocenters. The van der Waals surface area contributed by atoms with Gasteiger partial charge >= 0.3 is 0 Å². The van der Waals surface area contributed by atoms with Gasteiger partial charge in [0.2, 0.25) is 11.7 Å². The molecule has 2 saturated heterocycles. The van der Waals surface area contributed by atoms with Crippen LogP contribution >= 0.6 is 0 Å². The first-order valence-corrected chi connectivity index (χ1v) is 13.1. The minimum absolute atomic E-state index is 0.422. The lowest BCUT2D eigenvalue weighted by molar-refractivity contribution is 0.165. The van der Waals surface area contributed by atoms with Crippen LogP contribution in [0.2, 0.25) is 0 Å². The molecule has 2 aliphatic heterocycles. The molecule has 0 N–H and O–H groups in total. The molecular formula is C23H35N5O3S. The summed E-state index contributed by atoms with van der Waals surface area (Å²) in [4.78, 5) is 6.84. The number of piperidine rings is 1. The van der Waals surface area contributed by atoms with Crippen molar-refractivity contribution < 1.29 is 12.9 Å². The maximum atomic E-state index is 13.1. The van der Waals surface area contributed by atoms with E-state index in [-0.39, 0.29) is 0 Å². The molecule has 4 rings (SSSR count). The third-order valence-corrected chi connectivity index (χ3v) is 8.43. The second-order valence-corrected chi connectivity index (χ2v) is 11.4. The summed E-state index contributed by atoms with van der Waals surface area (Å²) in [5.41, 5.74) is 2.16. The van der Waals surface area contributed by atoms with Gasteiger partial charge in [-0.3, -0.25) is 0 Å². The molecule has 2 atom stereocenters. The highest BCUT2D eigenvalue weighted by Gasteiger charge is 2.36. The van der Waals surface area contributed by atoms with Gasteiger partial charge in [0.25, 0.3) is 10.2 Å². The van der Waals surface area contributed by atoms with Crippen molar-refractivity contribution in [3.63, 3.8) is 0 Å². The predicted molar refractivity (Wildman–Crippen MR) is 124 cm³/mol. The van der Waals surface area contributed by atoms with Gasteiger partial charge in [0, 0.05) is 51.3 Å². The number of aryl methyl sites for hydroxylation is 2. The van der Waals surface area contributed by atoms with Gasteiger partial charge in [-0.15, -0.1) is 0 Å². The topological polar surface area (TPSA) is 82.8 Å². The molecule has 1 aromatic carbocycles. The van der Waals surface area contributed by atoms with Gasteiger partial charge in [0.15, 0.2) is 0 Å². The minimum Gasteiger partial charge on any atom is -0.339 e. The van der Waals surface area contributed by atoms with Crippen molar-refractivity contribution in [2.45, 2.75) is 40.0 Å². The van der Waals surface area contributed by atoms with Crippen molar-refractivity contribution in [2.24, 2.45) is 11.8 Å². The van der Waals surface area contributed by atoms with Crippen LogP contribution in [-0.4, -0.2) is 77.9 Å². The van der Waals surface area contributed by atoms with E-state index in [0.717, 1.165) is 44.5 Å². The number of piperazine rings is 1. The number of hydrogen-bond acceptors (Lipinski definition) is 6. The van der Waals surface area contributed by atoms with Crippen LogP contribution in [0.5, 0.6) is 0 Å². The van der Waals surface area contributed by atoms with Crippen LogP contribution in [0.4, 0.5) is 0 Å². The van der Waals surface area contributed by atoms with E-state index in [1.165, 1.54) is 5.56 Å². The highest BCUT2D eigenvalue weighted by molar-refractivity contribution is 7.86. The summed E-state index contributed by atoms with van der Waals surface area (Å²) in [5, 5.41) is 4.10. The number of nitrogens with zero attached hydrogens (tertiary/aromatic N) is 5. The van der Waals surface area contributed by atoms with Crippen LogP contribution in [0.1, 0.15) is 38.1 Å². The minimum atomic E-state index is -3.36. The zero-order valence-electron chi connectivity index (χ0n) is 19.4. The first-order valence-electron chi connectivity index (χ1n) is 11.7. The lowest BCUT2D eigenvalue weighted by Crippen LogP contribution is -2.55. The van der Waals surface area contributed by atoms with Crippen molar-refractivity contribution in [3.05, 3.63) is 35.7 Å². The lowest BCUT2D eigenvalue weighted by Gasteiger charge is -2.40. The van der Waals surface area contributed by atoms with Gasteiger partial charge in [-0.1, -0.05) is 48.8 Å². The van der Waals surface area contributed by atoms with Crippen molar-refractivity contribution >= 4 is 10.2 Å². The monoisotopic (exact) mass is 461 g/mol. The molecule has 32 heavy (non-hydrogen) atoms. The molecule has 0 saturated carbocycles. The summed E-state index contributed by atoms with van der Waals surface area (Å²) in [6.45, 7) is 11.1. The van der Waals surface area contributed by atoms with Gasteiger partial charge in [-0.05, 0) is 38.1 Å². The summed E-state index contributed by atoms with van der Waals surface area (Å²) in [6, 6.07) is 8.08. The Morgan fingerprint density at radius 1 is 1.00 bits per heavy atom. The number of aromatic nitrogens is 2. The Morgan fingerprint density at radius 3 is 2.31 bits per heavy atom. The third kappa shape index (κ3) is 5.57. The Hall–Kier alpha value is -1.81. The summed E-state index contributed by atoms with van der Waals surface area (Å²) in [5.74, 6) is 2.12. The normalized spacial score (nSPS) is 24.1. The van der Waals surface area contributed by atoms with Gasteiger partial charge < -0.3 is 9.42 Å². The molecule has 1 aromatic heterocycles. The fourth-order valence-corrected chi connectivity index (χ4v) is 6.61. The third-order valence-electron chi connectivity index (χ3n) is 6.46. The summed E-state index contributed by atoms with van der Waals surface area (Å²) in [7, 11) is -3.36. The van der Waals surface area contributed by atoms with Crippen LogP contribution in [-0.2, 0) is 16.6 Å². The molecule has 2 aliphatic rings. The van der Waals surface area contributed by atoms with E-state index in [1.54, 1.807) is 8.61 Å². The summed E-state index contributed by atoms with van der Waals surface area (Å²) in [6.07, 6.45) is 2.73. The number of rotatable bonds is 7. The van der Waals surface area contributed by atoms with E-state index >= 15 is 0 Å². The maximum absolute atomic E-state index is 13.1. The molecule has 3 heterocycles. The molecular weight excluding hydrogens is 426 g/mol. The zero-order valence-corrected chi connectivity index (χ0v) is 20.2. The molecule has 0 radical (unpaired) electrons. The Morgan fingerprint density at radius 2 is 1.66 bits per heavy atom. The highest BCUT2D eigenvalue weighted by atomic mass is 32.2. The van der Waals surface area contributed by atoms with Gasteiger partial charge in [-0.2, -0.15) is 22.0 Å². The van der Waals surface area contributed by atoms with E-state index in [9.17, 15) is 8.42 Å². The lowest BCUT2D eigenvalue weighted by atomic mass is 9.94. The van der Waals surface area contributed by atoms with Crippen molar-refractivity contribution in [1.82, 2.24) is 23.7 Å². The SMILES string of the molecule is Cc1ccc(-c2noc(CCCN3CCN(S(=O)(=O)N4CC(C)CC(C)C4)CC3)n2)cc1. The fourth-order valence-electron chi connectivity index (χ4n) is 4.77. The average Bonchev–Trinajstić information content (AvgIpc) is 3.23. The predicted octanol–water partition coefficient (Wildman–Crippen LogP) is 2.82. The van der Waals surface area contributed by atoms with E-state index in [4.69, 9.17) is 4.52 Å². The molecule has 0 aliphatic carbocycles. The second kappa shape index (κ2) is 9.99. The molecule has 2 aromatic rings. The van der Waals surface area contributed by atoms with Crippen LogP contribution in [0, 0.1) is 18.8 Å². The van der Waals surface area contributed by atoms with E-state index < -0.39 is 10.2 Å². The van der Waals surface area contributed by atoms with E-state index in [2.05, 4.69) is 35.8 Å². The first-order chi connectivity index (χ1) is 15.3. The van der Waals surface area contributed by atoms with Gasteiger partial charge in [0.1, 0.15) is 0 Å². The molecule has 9 heteroatoms. The Labute approximate surface area is 191 Å². The Balaban J connectivity index is 1.22. The average molecular weight is 462 g/mol. The summed E-state index contributed by atoms with van der Waals surface area (Å²) < 4.78 is 34.9. The second-order valence-electron chi connectivity index (χ2n) is 9.49. The number of benzene rings is 1. The standard InChI is InChI=1S/C23H35N5O3S/c1-18-6-8-21(9-7-18)23-24-22(31-25-23)5-4-10-26-11-13-27(14-12-26)32(29,30)28-16-19(2)15-20(3)17-28/h6-9,19-20H,4-5,10-17H2,1-3H3. The summed E-state index contributed by atoms with van der Waals surface area (Å²) >= 11 is 0. The molecule has 2 fully saturated rings. The van der Waals surface area contributed by atoms with Crippen molar-refractivity contribution in [2.75, 3.05) is 45.8 Å². The Bertz CT molecular complexity index is 973. The number of hydrogen-bond donors (Lipinski definition) is 0. The molecule has 8 nitrogen and oxygen atoms in total. The van der Waals surface area contributed by atoms with Crippen LogP contribution in [0.15, 0.2) is 28.8 Å². The zero-order chi connectivity index (χ0) is 22.7. The smallest absolute Gasteiger partial charge is 0.282 e. The molecule has 0 bridgehead atoms. The van der Waals surface area contributed by atoms with Crippen LogP contribution < -0.4 is 0 Å². The quantitative estimate of drug-likeness (QED) is 0.631. The van der Waals surface area contributed by atoms with E-state index in [0.29, 0.717) is 49.7 Å². The van der Waals surface area contributed by atoms with Gasteiger partial charge in [-0.25, -0.2) is 0 Å². The maximum Gasteiger partial charge on any atom is 0.282 e. The first kappa shape index (κ1) is 23.4. The Kier molecular flexibility index (Phi) is 7.29. The van der Waals surface area contributed by atoms with Crippen LogP contribution in [0.25, 0.3) is 11.4 Å². The molecule has 176 valence electrons. The fraction of sp³-hybridized carbons (Fsp3) is 0.652. The van der Waals surface area contributed by atoms with Gasteiger partial charge in [0.05, 0.1) is 0 Å². The molecule has 0 spiro atoms. The highest BCUT2D eigenvalue weighted by Crippen LogP contribution is 2.25. The van der Waals surface area contributed by atoms with Crippen LogP contribution in [0.3, 0.4) is 0 Å². The largest absolute Gasteiger partial charge is 0.339 e. The van der Waals surface area contributed by atoms with Crippen molar-refractivity contribution in [1.29, 1.82) is 0 Å².